The number of likely N-dealkylation sites (tertiary alicyclic amines) is 1. The number of fused-ring (bicyclic) bond motifs is 1. The van der Waals surface area contributed by atoms with Crippen molar-refractivity contribution in [2.24, 2.45) is 5.73 Å². The standard InChI is InChI=1S/C29H42N4O4S/c1-29(2,3)37-28(36)25(14-16-38-4)31-26(34)20-32(19-23-12-8-15-33(23)27(35)17-30)18-22-11-7-10-21-9-5-6-13-24(21)22/h5-7,9-11,13,23,25H,8,12,14-20,30H2,1-4H3,(H,31,34)/t23-,25-/m0/s1. The van der Waals surface area contributed by atoms with E-state index in [2.05, 4.69) is 34.5 Å². The largest absolute Gasteiger partial charge is 0.458 e. The summed E-state index contributed by atoms with van der Waals surface area (Å²) in [7, 11) is 0. The highest BCUT2D eigenvalue weighted by atomic mass is 32.2. The number of carbonyl (C=O) groups excluding carboxylic acids is 3. The quantitative estimate of drug-likeness (QED) is 0.397. The summed E-state index contributed by atoms with van der Waals surface area (Å²) in [6, 6.07) is 13.6. The van der Waals surface area contributed by atoms with E-state index in [1.165, 1.54) is 0 Å². The Morgan fingerprint density at radius 1 is 1.18 bits per heavy atom. The van der Waals surface area contributed by atoms with Crippen LogP contribution >= 0.6 is 11.8 Å². The van der Waals surface area contributed by atoms with Gasteiger partial charge in [-0.25, -0.2) is 4.79 Å². The van der Waals surface area contributed by atoms with Gasteiger partial charge in [0, 0.05) is 25.7 Å². The van der Waals surface area contributed by atoms with Gasteiger partial charge >= 0.3 is 5.97 Å². The molecule has 2 aromatic carbocycles. The molecule has 3 N–H and O–H groups in total. The topological polar surface area (TPSA) is 105 Å². The number of rotatable bonds is 12. The number of ether oxygens (including phenoxy) is 1. The Kier molecular flexibility index (Phi) is 11.0. The van der Waals surface area contributed by atoms with Crippen LogP contribution in [0.2, 0.25) is 0 Å². The molecule has 2 aromatic rings. The summed E-state index contributed by atoms with van der Waals surface area (Å²) >= 11 is 1.62. The third-order valence-electron chi connectivity index (χ3n) is 6.62. The number of benzene rings is 2. The number of thioether (sulfide) groups is 1. The summed E-state index contributed by atoms with van der Waals surface area (Å²) in [6.07, 6.45) is 4.25. The Morgan fingerprint density at radius 2 is 1.92 bits per heavy atom. The number of carbonyl (C=O) groups is 3. The van der Waals surface area contributed by atoms with Crippen LogP contribution in [0.5, 0.6) is 0 Å². The lowest BCUT2D eigenvalue weighted by Crippen LogP contribution is -2.50. The van der Waals surface area contributed by atoms with Gasteiger partial charge in [-0.3, -0.25) is 14.5 Å². The van der Waals surface area contributed by atoms with Crippen molar-refractivity contribution < 1.29 is 19.1 Å². The van der Waals surface area contributed by atoms with E-state index in [0.29, 0.717) is 26.1 Å². The van der Waals surface area contributed by atoms with Gasteiger partial charge in [-0.2, -0.15) is 11.8 Å². The molecule has 0 aromatic heterocycles. The summed E-state index contributed by atoms with van der Waals surface area (Å²) in [5.41, 5.74) is 6.13. The first-order valence-electron chi connectivity index (χ1n) is 13.3. The Balaban J connectivity index is 1.80. The van der Waals surface area contributed by atoms with Crippen LogP contribution in [-0.4, -0.2) is 83.5 Å². The van der Waals surface area contributed by atoms with Gasteiger partial charge in [0.05, 0.1) is 13.1 Å². The SMILES string of the molecule is CSCC[C@H](NC(=O)CN(Cc1cccc2ccccc12)C[C@@H]1CCCN1C(=O)CN)C(=O)OC(C)(C)C. The molecule has 0 spiro atoms. The van der Waals surface area contributed by atoms with Crippen LogP contribution in [0.4, 0.5) is 0 Å². The highest BCUT2D eigenvalue weighted by Gasteiger charge is 2.31. The van der Waals surface area contributed by atoms with Gasteiger partial charge in [-0.15, -0.1) is 0 Å². The number of nitrogens with two attached hydrogens (primary N) is 1. The molecule has 1 heterocycles. The van der Waals surface area contributed by atoms with Gasteiger partial charge in [0.2, 0.25) is 11.8 Å². The summed E-state index contributed by atoms with van der Waals surface area (Å²) in [5, 5.41) is 5.20. The third-order valence-corrected chi connectivity index (χ3v) is 7.26. The fourth-order valence-corrected chi connectivity index (χ4v) is 5.40. The summed E-state index contributed by atoms with van der Waals surface area (Å²) < 4.78 is 5.57. The van der Waals surface area contributed by atoms with Crippen LogP contribution in [0.25, 0.3) is 10.8 Å². The first kappa shape index (κ1) is 29.9. The highest BCUT2D eigenvalue weighted by Crippen LogP contribution is 2.23. The predicted molar refractivity (Wildman–Crippen MR) is 154 cm³/mol. The molecular formula is C29H42N4O4S. The predicted octanol–water partition coefficient (Wildman–Crippen LogP) is 3.17. The maximum atomic E-state index is 13.3. The molecule has 0 radical (unpaired) electrons. The molecular weight excluding hydrogens is 500 g/mol. The lowest BCUT2D eigenvalue weighted by molar-refractivity contribution is -0.158. The fraction of sp³-hybridized carbons (Fsp3) is 0.552. The van der Waals surface area contributed by atoms with E-state index in [1.807, 2.05) is 50.1 Å². The van der Waals surface area contributed by atoms with Gasteiger partial charge in [0.25, 0.3) is 0 Å². The summed E-state index contributed by atoms with van der Waals surface area (Å²) in [6.45, 7) is 7.31. The second-order valence-electron chi connectivity index (χ2n) is 10.8. The lowest BCUT2D eigenvalue weighted by Gasteiger charge is -2.31. The average Bonchev–Trinajstić information content (AvgIpc) is 3.33. The minimum atomic E-state index is -0.713. The van der Waals surface area contributed by atoms with Crippen LogP contribution in [0.1, 0.15) is 45.6 Å². The molecule has 2 amide bonds. The molecule has 0 unspecified atom stereocenters. The van der Waals surface area contributed by atoms with E-state index in [0.717, 1.165) is 34.9 Å². The van der Waals surface area contributed by atoms with E-state index in [1.54, 1.807) is 11.8 Å². The number of hydrogen-bond acceptors (Lipinski definition) is 7. The summed E-state index contributed by atoms with van der Waals surface area (Å²) in [5.74, 6) is -0.000625. The van der Waals surface area contributed by atoms with Crippen LogP contribution in [0.3, 0.4) is 0 Å². The highest BCUT2D eigenvalue weighted by molar-refractivity contribution is 7.98. The van der Waals surface area contributed by atoms with Crippen molar-refractivity contribution in [3.63, 3.8) is 0 Å². The van der Waals surface area contributed by atoms with Crippen molar-refractivity contribution in [2.75, 3.05) is 38.2 Å². The second-order valence-corrected chi connectivity index (χ2v) is 11.8. The Hall–Kier alpha value is -2.62. The minimum Gasteiger partial charge on any atom is -0.458 e. The van der Waals surface area contributed by atoms with Crippen molar-refractivity contribution in [3.8, 4) is 0 Å². The van der Waals surface area contributed by atoms with E-state index in [9.17, 15) is 14.4 Å². The van der Waals surface area contributed by atoms with Crippen LogP contribution in [-0.2, 0) is 25.7 Å². The molecule has 0 aliphatic carbocycles. The monoisotopic (exact) mass is 542 g/mol. The van der Waals surface area contributed by atoms with Gasteiger partial charge in [0.15, 0.2) is 0 Å². The molecule has 1 aliphatic heterocycles. The Bertz CT molecular complexity index is 1100. The normalized spacial score (nSPS) is 16.6. The van der Waals surface area contributed by atoms with E-state index < -0.39 is 17.6 Å². The van der Waals surface area contributed by atoms with Gasteiger partial charge in [-0.1, -0.05) is 42.5 Å². The molecule has 3 rings (SSSR count). The van der Waals surface area contributed by atoms with Crippen molar-refractivity contribution in [3.05, 3.63) is 48.0 Å². The molecule has 8 nitrogen and oxygen atoms in total. The van der Waals surface area contributed by atoms with E-state index in [-0.39, 0.29) is 30.9 Å². The Morgan fingerprint density at radius 3 is 2.63 bits per heavy atom. The molecule has 1 saturated heterocycles. The Labute approximate surface area is 230 Å². The smallest absolute Gasteiger partial charge is 0.329 e. The molecule has 9 heteroatoms. The van der Waals surface area contributed by atoms with E-state index >= 15 is 0 Å². The van der Waals surface area contributed by atoms with Crippen LogP contribution < -0.4 is 11.1 Å². The molecule has 2 atom stereocenters. The van der Waals surface area contributed by atoms with Crippen LogP contribution in [0, 0.1) is 0 Å². The zero-order valence-electron chi connectivity index (χ0n) is 23.1. The molecule has 208 valence electrons. The molecule has 0 saturated carbocycles. The zero-order chi connectivity index (χ0) is 27.7. The molecule has 1 fully saturated rings. The van der Waals surface area contributed by atoms with Gasteiger partial charge < -0.3 is 20.7 Å². The number of esters is 1. The number of amides is 2. The van der Waals surface area contributed by atoms with Crippen molar-refractivity contribution in [2.45, 2.75) is 64.3 Å². The first-order valence-corrected chi connectivity index (χ1v) is 14.7. The minimum absolute atomic E-state index is 0.00743. The third kappa shape index (κ3) is 8.71. The van der Waals surface area contributed by atoms with Gasteiger partial charge in [-0.05, 0) is 68.4 Å². The molecule has 38 heavy (non-hydrogen) atoms. The maximum absolute atomic E-state index is 13.3. The first-order chi connectivity index (χ1) is 18.1. The van der Waals surface area contributed by atoms with Crippen molar-refractivity contribution in [1.29, 1.82) is 0 Å². The van der Waals surface area contributed by atoms with Crippen molar-refractivity contribution >= 4 is 40.3 Å². The number of hydrogen-bond donors (Lipinski definition) is 2. The number of nitrogens with one attached hydrogen (secondary N) is 1. The van der Waals surface area contributed by atoms with E-state index in [4.69, 9.17) is 10.5 Å². The summed E-state index contributed by atoms with van der Waals surface area (Å²) in [4.78, 5) is 42.5. The van der Waals surface area contributed by atoms with Crippen molar-refractivity contribution in [1.82, 2.24) is 15.1 Å². The fourth-order valence-electron chi connectivity index (χ4n) is 4.93. The van der Waals surface area contributed by atoms with Gasteiger partial charge in [0.1, 0.15) is 11.6 Å². The second kappa shape index (κ2) is 14.0. The zero-order valence-corrected chi connectivity index (χ0v) is 23.9. The average molecular weight is 543 g/mol. The lowest BCUT2D eigenvalue weighted by atomic mass is 10.0. The maximum Gasteiger partial charge on any atom is 0.329 e. The molecule has 0 bridgehead atoms. The van der Waals surface area contributed by atoms with Crippen LogP contribution in [0.15, 0.2) is 42.5 Å². The number of nitrogens with zero attached hydrogens (tertiary/aromatic N) is 2. The molecule has 1 aliphatic rings.